The third-order valence-corrected chi connectivity index (χ3v) is 2.70. The van der Waals surface area contributed by atoms with E-state index in [1.165, 1.54) is 12.1 Å². The number of rotatable bonds is 5. The van der Waals surface area contributed by atoms with E-state index in [9.17, 15) is 9.18 Å². The lowest BCUT2D eigenvalue weighted by Crippen LogP contribution is -2.31. The summed E-state index contributed by atoms with van der Waals surface area (Å²) in [5, 5.41) is 0. The van der Waals surface area contributed by atoms with Crippen molar-refractivity contribution in [1.29, 1.82) is 0 Å². The van der Waals surface area contributed by atoms with Crippen LogP contribution in [0.15, 0.2) is 18.2 Å². The molecule has 0 aliphatic heterocycles. The van der Waals surface area contributed by atoms with Crippen LogP contribution in [0.5, 0.6) is 0 Å². The number of unbranched alkanes of at least 4 members (excludes halogenated alkanes) is 1. The highest BCUT2D eigenvalue weighted by Crippen LogP contribution is 2.14. The summed E-state index contributed by atoms with van der Waals surface area (Å²) in [5.74, 6) is -0.678. The van der Waals surface area contributed by atoms with Gasteiger partial charge in [0.2, 0.25) is 0 Å². The molecule has 0 saturated heterocycles. The molecule has 1 aromatic carbocycles. The minimum atomic E-state index is -0.539. The Labute approximate surface area is 101 Å². The molecule has 1 aromatic rings. The Hall–Kier alpha value is -1.58. The van der Waals surface area contributed by atoms with Gasteiger partial charge in [-0.25, -0.2) is 4.39 Å². The largest absolute Gasteiger partial charge is 0.396 e. The summed E-state index contributed by atoms with van der Waals surface area (Å²) in [6.07, 6.45) is 1.98. The van der Waals surface area contributed by atoms with E-state index in [1.54, 1.807) is 11.0 Å². The molecule has 1 amide bonds. The maximum atomic E-state index is 13.3. The lowest BCUT2D eigenvalue weighted by Gasteiger charge is -2.20. The van der Waals surface area contributed by atoms with E-state index < -0.39 is 5.82 Å². The quantitative estimate of drug-likeness (QED) is 0.802. The van der Waals surface area contributed by atoms with Crippen molar-refractivity contribution in [2.24, 2.45) is 0 Å². The van der Waals surface area contributed by atoms with Gasteiger partial charge in [-0.2, -0.15) is 0 Å². The number of carbonyl (C=O) groups is 1. The summed E-state index contributed by atoms with van der Waals surface area (Å²) < 4.78 is 13.3. The van der Waals surface area contributed by atoms with E-state index in [4.69, 9.17) is 5.73 Å². The molecule has 0 saturated carbocycles. The molecule has 0 atom stereocenters. The number of hydrogen-bond acceptors (Lipinski definition) is 2. The van der Waals surface area contributed by atoms with Crippen LogP contribution in [0.2, 0.25) is 0 Å². The van der Waals surface area contributed by atoms with Crippen molar-refractivity contribution >= 4 is 11.6 Å². The van der Waals surface area contributed by atoms with E-state index in [0.29, 0.717) is 18.7 Å². The maximum Gasteiger partial charge on any atom is 0.253 e. The van der Waals surface area contributed by atoms with Crippen LogP contribution in [0.1, 0.15) is 37.0 Å². The number of nitrogens with two attached hydrogens (primary N) is 1. The van der Waals surface area contributed by atoms with E-state index in [-0.39, 0.29) is 11.6 Å². The Kier molecular flexibility index (Phi) is 4.94. The van der Waals surface area contributed by atoms with E-state index in [1.807, 2.05) is 6.92 Å². The monoisotopic (exact) mass is 238 g/mol. The van der Waals surface area contributed by atoms with E-state index >= 15 is 0 Å². The van der Waals surface area contributed by atoms with E-state index in [2.05, 4.69) is 6.92 Å². The topological polar surface area (TPSA) is 46.3 Å². The zero-order valence-corrected chi connectivity index (χ0v) is 10.4. The summed E-state index contributed by atoms with van der Waals surface area (Å²) in [5.41, 5.74) is 5.80. The molecule has 0 radical (unpaired) electrons. The fraction of sp³-hybridized carbons (Fsp3) is 0.462. The second-order valence-electron chi connectivity index (χ2n) is 3.97. The highest BCUT2D eigenvalue weighted by atomic mass is 19.1. The fourth-order valence-electron chi connectivity index (χ4n) is 1.59. The molecule has 0 bridgehead atoms. The molecule has 0 unspecified atom stereocenters. The van der Waals surface area contributed by atoms with Crippen LogP contribution in [0.3, 0.4) is 0 Å². The zero-order valence-electron chi connectivity index (χ0n) is 10.4. The molecule has 0 spiro atoms. The molecule has 0 fully saturated rings. The third-order valence-electron chi connectivity index (χ3n) is 2.70. The van der Waals surface area contributed by atoms with E-state index in [0.717, 1.165) is 12.8 Å². The van der Waals surface area contributed by atoms with Gasteiger partial charge >= 0.3 is 0 Å². The molecule has 2 N–H and O–H groups in total. The number of nitrogen functional groups attached to an aromatic ring is 1. The van der Waals surface area contributed by atoms with Gasteiger partial charge in [0, 0.05) is 18.7 Å². The first-order chi connectivity index (χ1) is 8.10. The molecule has 0 aliphatic rings. The molecule has 1 rings (SSSR count). The third kappa shape index (κ3) is 3.44. The number of halogens is 1. The van der Waals surface area contributed by atoms with Crippen LogP contribution in [0.4, 0.5) is 10.1 Å². The predicted octanol–water partition coefficient (Wildman–Crippen LogP) is 2.67. The Balaban J connectivity index is 2.82. The molecule has 4 heteroatoms. The molecule has 17 heavy (non-hydrogen) atoms. The van der Waals surface area contributed by atoms with Crippen LogP contribution in [0, 0.1) is 5.82 Å². The Morgan fingerprint density at radius 3 is 2.65 bits per heavy atom. The number of amides is 1. The highest BCUT2D eigenvalue weighted by molar-refractivity contribution is 5.94. The number of benzene rings is 1. The summed E-state index contributed by atoms with van der Waals surface area (Å²) in [4.78, 5) is 13.8. The van der Waals surface area contributed by atoms with Crippen LogP contribution in [-0.4, -0.2) is 23.9 Å². The van der Waals surface area contributed by atoms with Gasteiger partial charge < -0.3 is 10.6 Å². The second-order valence-corrected chi connectivity index (χ2v) is 3.97. The first kappa shape index (κ1) is 13.5. The van der Waals surface area contributed by atoms with Gasteiger partial charge in [-0.1, -0.05) is 13.3 Å². The summed E-state index contributed by atoms with van der Waals surface area (Å²) >= 11 is 0. The van der Waals surface area contributed by atoms with Gasteiger partial charge in [0.1, 0.15) is 5.82 Å². The number of nitrogens with zero attached hydrogens (tertiary/aromatic N) is 1. The molecular weight excluding hydrogens is 219 g/mol. The van der Waals surface area contributed by atoms with Crippen molar-refractivity contribution in [2.75, 3.05) is 18.8 Å². The van der Waals surface area contributed by atoms with Crippen LogP contribution < -0.4 is 5.73 Å². The lowest BCUT2D eigenvalue weighted by atomic mass is 10.1. The number of anilines is 1. The second kappa shape index (κ2) is 6.23. The Morgan fingerprint density at radius 1 is 1.41 bits per heavy atom. The molecule has 3 nitrogen and oxygen atoms in total. The first-order valence-electron chi connectivity index (χ1n) is 5.94. The molecule has 0 aromatic heterocycles. The average Bonchev–Trinajstić information content (AvgIpc) is 2.33. The normalized spacial score (nSPS) is 10.3. The van der Waals surface area contributed by atoms with Gasteiger partial charge in [-0.3, -0.25) is 4.79 Å². The minimum Gasteiger partial charge on any atom is -0.396 e. The molecule has 0 aliphatic carbocycles. The summed E-state index contributed by atoms with van der Waals surface area (Å²) in [7, 11) is 0. The predicted molar refractivity (Wildman–Crippen MR) is 67.3 cm³/mol. The minimum absolute atomic E-state index is 0.0677. The van der Waals surface area contributed by atoms with Gasteiger partial charge in [-0.05, 0) is 31.5 Å². The molecular formula is C13H19FN2O. The van der Waals surface area contributed by atoms with Crippen molar-refractivity contribution in [3.05, 3.63) is 29.6 Å². The highest BCUT2D eigenvalue weighted by Gasteiger charge is 2.14. The van der Waals surface area contributed by atoms with Gasteiger partial charge in [0.15, 0.2) is 0 Å². The fourth-order valence-corrected chi connectivity index (χ4v) is 1.59. The SMILES string of the molecule is CCCCN(CC)C(=O)c1ccc(N)c(F)c1. The maximum absolute atomic E-state index is 13.3. The lowest BCUT2D eigenvalue weighted by molar-refractivity contribution is 0.0762. The number of hydrogen-bond donors (Lipinski definition) is 1. The molecule has 94 valence electrons. The van der Waals surface area contributed by atoms with Gasteiger partial charge in [0.25, 0.3) is 5.91 Å². The van der Waals surface area contributed by atoms with Gasteiger partial charge in [-0.15, -0.1) is 0 Å². The average molecular weight is 238 g/mol. The van der Waals surface area contributed by atoms with Crippen molar-refractivity contribution < 1.29 is 9.18 Å². The van der Waals surface area contributed by atoms with Crippen molar-refractivity contribution in [3.63, 3.8) is 0 Å². The van der Waals surface area contributed by atoms with Crippen molar-refractivity contribution in [2.45, 2.75) is 26.7 Å². The van der Waals surface area contributed by atoms with Gasteiger partial charge in [0.05, 0.1) is 5.69 Å². The smallest absolute Gasteiger partial charge is 0.253 e. The Bertz CT molecular complexity index is 393. The first-order valence-corrected chi connectivity index (χ1v) is 5.94. The zero-order chi connectivity index (χ0) is 12.8. The van der Waals surface area contributed by atoms with Crippen molar-refractivity contribution in [3.8, 4) is 0 Å². The number of carbonyl (C=O) groups excluding carboxylic acids is 1. The Morgan fingerprint density at radius 2 is 2.12 bits per heavy atom. The van der Waals surface area contributed by atoms with Crippen molar-refractivity contribution in [1.82, 2.24) is 4.90 Å². The van der Waals surface area contributed by atoms with Crippen LogP contribution in [0.25, 0.3) is 0 Å². The summed E-state index contributed by atoms with van der Waals surface area (Å²) in [6.45, 7) is 5.32. The summed E-state index contributed by atoms with van der Waals surface area (Å²) in [6, 6.07) is 4.19. The van der Waals surface area contributed by atoms with Crippen LogP contribution >= 0.6 is 0 Å². The molecule has 0 heterocycles. The standard InChI is InChI=1S/C13H19FN2O/c1-3-5-8-16(4-2)13(17)10-6-7-12(15)11(14)9-10/h6-7,9H,3-5,8,15H2,1-2H3. The van der Waals surface area contributed by atoms with Crippen LogP contribution in [-0.2, 0) is 0 Å².